The van der Waals surface area contributed by atoms with Crippen molar-refractivity contribution in [3.05, 3.63) is 29.8 Å². The number of hydrogen-bond acceptors (Lipinski definition) is 6. The summed E-state index contributed by atoms with van der Waals surface area (Å²) >= 11 is 0. The van der Waals surface area contributed by atoms with Crippen LogP contribution in [0.3, 0.4) is 0 Å². The first-order valence-corrected chi connectivity index (χ1v) is 10.8. The Bertz CT molecular complexity index is 872. The van der Waals surface area contributed by atoms with E-state index >= 15 is 0 Å². The third-order valence-corrected chi connectivity index (χ3v) is 6.59. The SMILES string of the molecule is CC(=O)N1C[C@H](O)C[C@H]1C(=O)N[C@H](Cc1ccc(B2OC(C)(C)C(C)(C)O2)cc1)C(N)=O. The fourth-order valence-electron chi connectivity index (χ4n) is 3.93. The highest BCUT2D eigenvalue weighted by molar-refractivity contribution is 6.62. The smallest absolute Gasteiger partial charge is 0.399 e. The predicted octanol–water partition coefficient (Wildman–Crippen LogP) is -0.520. The molecule has 9 nitrogen and oxygen atoms in total. The van der Waals surface area contributed by atoms with Crippen molar-refractivity contribution in [3.63, 3.8) is 0 Å². The Hall–Kier alpha value is -2.43. The zero-order chi connectivity index (χ0) is 23.8. The molecule has 2 aliphatic heterocycles. The van der Waals surface area contributed by atoms with Gasteiger partial charge in [0.1, 0.15) is 12.1 Å². The van der Waals surface area contributed by atoms with Gasteiger partial charge in [0.25, 0.3) is 0 Å². The average Bonchev–Trinajstić information content (AvgIpc) is 3.18. The minimum atomic E-state index is -0.947. The molecular weight excluding hydrogens is 413 g/mol. The van der Waals surface area contributed by atoms with E-state index in [0.29, 0.717) is 0 Å². The number of benzene rings is 1. The molecule has 174 valence electrons. The standard InChI is InChI=1S/C22H32BN3O6/c1-13(27)26-12-16(28)11-18(26)20(30)25-17(19(24)29)10-14-6-8-15(9-7-14)23-31-21(2,3)22(4,5)32-23/h6-9,16-18,28H,10-12H2,1-5H3,(H2,24,29)(H,25,30)/t16-,17-,18+/m1/s1. The molecule has 3 atom stereocenters. The van der Waals surface area contributed by atoms with Crippen molar-refractivity contribution in [2.45, 2.75) is 76.9 Å². The molecule has 3 amide bonds. The summed E-state index contributed by atoms with van der Waals surface area (Å²) in [6, 6.07) is 5.63. The minimum absolute atomic E-state index is 0.0923. The fraction of sp³-hybridized carbons (Fsp3) is 0.591. The predicted molar refractivity (Wildman–Crippen MR) is 119 cm³/mol. The topological polar surface area (TPSA) is 131 Å². The molecular formula is C22H32BN3O6. The van der Waals surface area contributed by atoms with E-state index in [1.54, 1.807) is 0 Å². The van der Waals surface area contributed by atoms with Crippen molar-refractivity contribution in [2.24, 2.45) is 5.73 Å². The van der Waals surface area contributed by atoms with E-state index in [0.717, 1.165) is 11.0 Å². The van der Waals surface area contributed by atoms with Gasteiger partial charge in [0, 0.05) is 26.3 Å². The normalized spacial score (nSPS) is 24.9. The van der Waals surface area contributed by atoms with Crippen LogP contribution in [0.5, 0.6) is 0 Å². The number of nitrogens with one attached hydrogen (secondary N) is 1. The molecule has 2 saturated heterocycles. The summed E-state index contributed by atoms with van der Waals surface area (Å²) in [7, 11) is -0.493. The van der Waals surface area contributed by atoms with Crippen LogP contribution in [-0.4, -0.2) is 70.8 Å². The first-order valence-electron chi connectivity index (χ1n) is 10.8. The number of aliphatic hydroxyl groups excluding tert-OH is 1. The number of primary amides is 1. The maximum atomic E-state index is 12.7. The van der Waals surface area contributed by atoms with Gasteiger partial charge in [-0.05, 0) is 38.7 Å². The molecule has 3 rings (SSSR count). The molecule has 2 heterocycles. The zero-order valence-corrected chi connectivity index (χ0v) is 19.3. The summed E-state index contributed by atoms with van der Waals surface area (Å²) in [6.45, 7) is 9.37. The van der Waals surface area contributed by atoms with Crippen LogP contribution in [0.4, 0.5) is 0 Å². The van der Waals surface area contributed by atoms with Crippen LogP contribution in [0.1, 0.15) is 46.6 Å². The van der Waals surface area contributed by atoms with Crippen molar-refractivity contribution in [1.29, 1.82) is 0 Å². The van der Waals surface area contributed by atoms with Crippen molar-refractivity contribution >= 4 is 30.3 Å². The van der Waals surface area contributed by atoms with Crippen LogP contribution in [0.25, 0.3) is 0 Å². The number of β-amino-alcohol motifs (C(OH)–C–C–N with tert-alkyl or cyclic N) is 1. The van der Waals surface area contributed by atoms with Gasteiger partial charge in [-0.25, -0.2) is 0 Å². The number of rotatable bonds is 6. The van der Waals surface area contributed by atoms with Crippen LogP contribution in [0.15, 0.2) is 24.3 Å². The second-order valence-electron chi connectivity index (χ2n) is 9.57. The highest BCUT2D eigenvalue weighted by Gasteiger charge is 2.51. The summed E-state index contributed by atoms with van der Waals surface area (Å²) < 4.78 is 12.1. The van der Waals surface area contributed by atoms with E-state index in [-0.39, 0.29) is 25.3 Å². The largest absolute Gasteiger partial charge is 0.494 e. The molecule has 32 heavy (non-hydrogen) atoms. The number of nitrogens with two attached hydrogens (primary N) is 1. The van der Waals surface area contributed by atoms with Crippen molar-refractivity contribution in [3.8, 4) is 0 Å². The molecule has 4 N–H and O–H groups in total. The van der Waals surface area contributed by atoms with E-state index in [2.05, 4.69) is 5.32 Å². The number of aliphatic hydroxyl groups is 1. The van der Waals surface area contributed by atoms with Crippen molar-refractivity contribution in [2.75, 3.05) is 6.54 Å². The van der Waals surface area contributed by atoms with Crippen LogP contribution in [0, 0.1) is 0 Å². The minimum Gasteiger partial charge on any atom is -0.399 e. The van der Waals surface area contributed by atoms with E-state index in [4.69, 9.17) is 15.0 Å². The van der Waals surface area contributed by atoms with Gasteiger partial charge in [0.2, 0.25) is 17.7 Å². The Morgan fingerprint density at radius 1 is 1.19 bits per heavy atom. The molecule has 0 aliphatic carbocycles. The fourth-order valence-corrected chi connectivity index (χ4v) is 3.93. The first kappa shape index (κ1) is 24.2. The number of carbonyl (C=O) groups excluding carboxylic acids is 3. The molecule has 1 aromatic rings. The lowest BCUT2D eigenvalue weighted by Crippen LogP contribution is -2.52. The van der Waals surface area contributed by atoms with Crippen molar-refractivity contribution in [1.82, 2.24) is 10.2 Å². The molecule has 10 heteroatoms. The monoisotopic (exact) mass is 445 g/mol. The summed E-state index contributed by atoms with van der Waals surface area (Å²) in [5.41, 5.74) is 6.28. The molecule has 0 aromatic heterocycles. The van der Waals surface area contributed by atoms with E-state index in [1.165, 1.54) is 11.8 Å². The molecule has 0 radical (unpaired) electrons. The lowest BCUT2D eigenvalue weighted by molar-refractivity contribution is -0.138. The van der Waals surface area contributed by atoms with Crippen molar-refractivity contribution < 1.29 is 28.8 Å². The molecule has 1 aromatic carbocycles. The third-order valence-electron chi connectivity index (χ3n) is 6.59. The summed E-state index contributed by atoms with van der Waals surface area (Å²) in [4.78, 5) is 37.8. The number of hydrogen-bond donors (Lipinski definition) is 3. The molecule has 0 bridgehead atoms. The Morgan fingerprint density at radius 2 is 1.75 bits per heavy atom. The quantitative estimate of drug-likeness (QED) is 0.505. The van der Waals surface area contributed by atoms with E-state index in [1.807, 2.05) is 52.0 Å². The Morgan fingerprint density at radius 3 is 2.25 bits per heavy atom. The Kier molecular flexibility index (Phi) is 6.69. The van der Waals surface area contributed by atoms with Crippen LogP contribution >= 0.6 is 0 Å². The lowest BCUT2D eigenvalue weighted by Gasteiger charge is -2.32. The van der Waals surface area contributed by atoms with Crippen LogP contribution in [-0.2, 0) is 30.1 Å². The van der Waals surface area contributed by atoms with Gasteiger partial charge in [0.05, 0.1) is 17.3 Å². The van der Waals surface area contributed by atoms with Crippen LogP contribution in [0.2, 0.25) is 0 Å². The summed E-state index contributed by atoms with van der Waals surface area (Å²) in [6.07, 6.45) is -0.455. The number of carbonyl (C=O) groups is 3. The highest BCUT2D eigenvalue weighted by atomic mass is 16.7. The molecule has 2 fully saturated rings. The third kappa shape index (κ3) is 4.97. The second kappa shape index (κ2) is 8.84. The van der Waals surface area contributed by atoms with E-state index in [9.17, 15) is 19.5 Å². The molecule has 0 spiro atoms. The van der Waals surface area contributed by atoms with Gasteiger partial charge in [-0.1, -0.05) is 24.3 Å². The second-order valence-corrected chi connectivity index (χ2v) is 9.57. The average molecular weight is 445 g/mol. The lowest BCUT2D eigenvalue weighted by atomic mass is 9.78. The van der Waals surface area contributed by atoms with E-state index < -0.39 is 48.3 Å². The zero-order valence-electron chi connectivity index (χ0n) is 19.3. The first-order chi connectivity index (χ1) is 14.8. The molecule has 2 aliphatic rings. The number of nitrogens with zero attached hydrogens (tertiary/aromatic N) is 1. The van der Waals surface area contributed by atoms with Gasteiger partial charge in [-0.15, -0.1) is 0 Å². The maximum Gasteiger partial charge on any atom is 0.494 e. The van der Waals surface area contributed by atoms with Gasteiger partial charge in [-0.2, -0.15) is 0 Å². The van der Waals surface area contributed by atoms with Gasteiger partial charge in [-0.3, -0.25) is 14.4 Å². The Labute approximate surface area is 188 Å². The maximum absolute atomic E-state index is 12.7. The van der Waals surface area contributed by atoms with Gasteiger partial charge in [0.15, 0.2) is 0 Å². The van der Waals surface area contributed by atoms with Gasteiger partial charge >= 0.3 is 7.12 Å². The number of likely N-dealkylation sites (tertiary alicyclic amines) is 1. The summed E-state index contributed by atoms with van der Waals surface area (Å²) in [5.74, 6) is -1.49. The Balaban J connectivity index is 1.66. The van der Waals surface area contributed by atoms with Crippen LogP contribution < -0.4 is 16.5 Å². The van der Waals surface area contributed by atoms with Gasteiger partial charge < -0.3 is 30.4 Å². The highest BCUT2D eigenvalue weighted by Crippen LogP contribution is 2.36. The number of amides is 3. The molecule has 0 unspecified atom stereocenters. The summed E-state index contributed by atoms with van der Waals surface area (Å²) in [5, 5.41) is 12.5. The molecule has 0 saturated carbocycles.